The molecule has 0 bridgehead atoms. The van der Waals surface area contributed by atoms with E-state index in [1.54, 1.807) is 0 Å². The van der Waals surface area contributed by atoms with Crippen molar-refractivity contribution in [1.82, 2.24) is 9.88 Å². The first-order valence-corrected chi connectivity index (χ1v) is 7.25. The Hall–Kier alpha value is -1.97. The molecule has 106 valence electrons. The first-order chi connectivity index (χ1) is 9.63. The largest absolute Gasteiger partial charge is 0.359 e. The van der Waals surface area contributed by atoms with Crippen molar-refractivity contribution in [3.8, 4) is 0 Å². The van der Waals surface area contributed by atoms with Crippen LogP contribution in [-0.4, -0.2) is 29.0 Å². The van der Waals surface area contributed by atoms with E-state index in [0.717, 1.165) is 29.7 Å². The van der Waals surface area contributed by atoms with E-state index in [0.29, 0.717) is 11.8 Å². The van der Waals surface area contributed by atoms with Crippen LogP contribution in [0.5, 0.6) is 0 Å². The lowest BCUT2D eigenvalue weighted by Gasteiger charge is -2.34. The molecule has 0 radical (unpaired) electrons. The Morgan fingerprint density at radius 3 is 2.70 bits per heavy atom. The molecular formula is C16H21N3O. The minimum atomic E-state index is 0.00755. The zero-order valence-electron chi connectivity index (χ0n) is 12.0. The molecule has 2 aromatic rings. The summed E-state index contributed by atoms with van der Waals surface area (Å²) in [6.45, 7) is 6.11. The number of para-hydroxylation sites is 1. The number of H-pyrrole nitrogens is 1. The molecule has 2 atom stereocenters. The molecule has 1 aliphatic rings. The van der Waals surface area contributed by atoms with Crippen molar-refractivity contribution in [3.63, 3.8) is 0 Å². The molecule has 2 heterocycles. The van der Waals surface area contributed by atoms with Crippen molar-refractivity contribution in [2.45, 2.75) is 20.3 Å². The van der Waals surface area contributed by atoms with Crippen molar-refractivity contribution < 1.29 is 4.79 Å². The number of fused-ring (bicyclic) bond motifs is 1. The maximum absolute atomic E-state index is 12.4. The van der Waals surface area contributed by atoms with Crippen molar-refractivity contribution >= 4 is 22.6 Å². The van der Waals surface area contributed by atoms with E-state index in [-0.39, 0.29) is 6.03 Å². The maximum atomic E-state index is 12.4. The van der Waals surface area contributed by atoms with Crippen LogP contribution >= 0.6 is 0 Å². The molecular weight excluding hydrogens is 250 g/mol. The van der Waals surface area contributed by atoms with Crippen LogP contribution in [0, 0.1) is 11.8 Å². The van der Waals surface area contributed by atoms with E-state index < -0.39 is 0 Å². The number of likely N-dealkylation sites (tertiary alicyclic amines) is 1. The maximum Gasteiger partial charge on any atom is 0.321 e. The van der Waals surface area contributed by atoms with E-state index in [9.17, 15) is 4.79 Å². The second-order valence-corrected chi connectivity index (χ2v) is 6.03. The summed E-state index contributed by atoms with van der Waals surface area (Å²) >= 11 is 0. The summed E-state index contributed by atoms with van der Waals surface area (Å²) in [5, 5.41) is 4.09. The quantitative estimate of drug-likeness (QED) is 0.816. The second kappa shape index (κ2) is 5.19. The summed E-state index contributed by atoms with van der Waals surface area (Å²) in [4.78, 5) is 17.5. The molecule has 0 saturated carbocycles. The van der Waals surface area contributed by atoms with E-state index in [1.807, 2.05) is 35.4 Å². The van der Waals surface area contributed by atoms with Crippen LogP contribution in [0.15, 0.2) is 30.5 Å². The molecule has 1 aromatic carbocycles. The number of carbonyl (C=O) groups is 1. The predicted octanol–water partition coefficient (Wildman–Crippen LogP) is 3.68. The van der Waals surface area contributed by atoms with Gasteiger partial charge in [0, 0.05) is 30.2 Å². The average molecular weight is 271 g/mol. The van der Waals surface area contributed by atoms with Crippen LogP contribution < -0.4 is 5.32 Å². The number of rotatable bonds is 1. The number of hydrogen-bond donors (Lipinski definition) is 2. The molecule has 4 heteroatoms. The number of nitrogens with zero attached hydrogens (tertiary/aromatic N) is 1. The van der Waals surface area contributed by atoms with Crippen LogP contribution in [0.25, 0.3) is 10.9 Å². The molecule has 2 N–H and O–H groups in total. The highest BCUT2D eigenvalue weighted by Gasteiger charge is 2.25. The number of nitrogens with one attached hydrogen (secondary N) is 2. The number of benzene rings is 1. The van der Waals surface area contributed by atoms with Gasteiger partial charge < -0.3 is 15.2 Å². The van der Waals surface area contributed by atoms with Crippen LogP contribution in [0.2, 0.25) is 0 Å². The number of piperidine rings is 1. The van der Waals surface area contributed by atoms with Gasteiger partial charge in [-0.15, -0.1) is 0 Å². The molecule has 1 aliphatic heterocycles. The minimum absolute atomic E-state index is 0.00755. The number of anilines is 1. The topological polar surface area (TPSA) is 48.1 Å². The summed E-state index contributed by atoms with van der Waals surface area (Å²) in [5.41, 5.74) is 1.90. The van der Waals surface area contributed by atoms with Crippen LogP contribution in [0.3, 0.4) is 0 Å². The summed E-state index contributed by atoms with van der Waals surface area (Å²) in [6, 6.07) is 8.00. The van der Waals surface area contributed by atoms with Gasteiger partial charge in [0.2, 0.25) is 0 Å². The molecule has 1 aromatic heterocycles. The third-order valence-corrected chi connectivity index (χ3v) is 3.99. The highest BCUT2D eigenvalue weighted by Crippen LogP contribution is 2.25. The van der Waals surface area contributed by atoms with E-state index >= 15 is 0 Å². The molecule has 20 heavy (non-hydrogen) atoms. The molecule has 3 rings (SSSR count). The van der Waals surface area contributed by atoms with Gasteiger partial charge >= 0.3 is 6.03 Å². The van der Waals surface area contributed by atoms with Crippen molar-refractivity contribution in [2.75, 3.05) is 18.4 Å². The van der Waals surface area contributed by atoms with Gasteiger partial charge in [-0.05, 0) is 24.3 Å². The molecule has 1 fully saturated rings. The number of aromatic nitrogens is 1. The first-order valence-electron chi connectivity index (χ1n) is 7.25. The van der Waals surface area contributed by atoms with Crippen molar-refractivity contribution in [1.29, 1.82) is 0 Å². The number of amides is 2. The van der Waals surface area contributed by atoms with Gasteiger partial charge in [-0.25, -0.2) is 4.79 Å². The molecule has 0 unspecified atom stereocenters. The highest BCUT2D eigenvalue weighted by molar-refractivity contribution is 6.00. The summed E-state index contributed by atoms with van der Waals surface area (Å²) in [7, 11) is 0. The van der Waals surface area contributed by atoms with Gasteiger partial charge in [0.05, 0.1) is 5.69 Å². The highest BCUT2D eigenvalue weighted by atomic mass is 16.2. The molecule has 4 nitrogen and oxygen atoms in total. The normalized spacial score (nSPS) is 23.0. The van der Waals surface area contributed by atoms with Crippen LogP contribution in [-0.2, 0) is 0 Å². The average Bonchev–Trinajstić information content (AvgIpc) is 2.81. The van der Waals surface area contributed by atoms with Gasteiger partial charge in [-0.1, -0.05) is 32.0 Å². The first kappa shape index (κ1) is 13.0. The Labute approximate surface area is 119 Å². The zero-order valence-corrected chi connectivity index (χ0v) is 12.0. The van der Waals surface area contributed by atoms with Crippen molar-refractivity contribution in [2.24, 2.45) is 11.8 Å². The third-order valence-electron chi connectivity index (χ3n) is 3.99. The molecule has 0 aliphatic carbocycles. The Bertz CT molecular complexity index is 609. The summed E-state index contributed by atoms with van der Waals surface area (Å²) < 4.78 is 0. The Kier molecular flexibility index (Phi) is 3.38. The van der Waals surface area contributed by atoms with Crippen LogP contribution in [0.1, 0.15) is 20.3 Å². The van der Waals surface area contributed by atoms with Gasteiger partial charge in [0.15, 0.2) is 0 Å². The third kappa shape index (κ3) is 2.50. The fourth-order valence-corrected chi connectivity index (χ4v) is 3.20. The second-order valence-electron chi connectivity index (χ2n) is 6.03. The lowest BCUT2D eigenvalue weighted by molar-refractivity contribution is 0.156. The Morgan fingerprint density at radius 2 is 1.95 bits per heavy atom. The molecule has 2 amide bonds. The van der Waals surface area contributed by atoms with E-state index in [1.165, 1.54) is 6.42 Å². The van der Waals surface area contributed by atoms with Gasteiger partial charge in [-0.3, -0.25) is 0 Å². The van der Waals surface area contributed by atoms with Crippen LogP contribution in [0.4, 0.5) is 10.5 Å². The number of urea groups is 1. The van der Waals surface area contributed by atoms with Gasteiger partial charge in [0.1, 0.15) is 0 Å². The predicted molar refractivity (Wildman–Crippen MR) is 81.8 cm³/mol. The van der Waals surface area contributed by atoms with Gasteiger partial charge in [0.25, 0.3) is 0 Å². The minimum Gasteiger partial charge on any atom is -0.359 e. The number of carbonyl (C=O) groups excluding carboxylic acids is 1. The zero-order chi connectivity index (χ0) is 14.1. The van der Waals surface area contributed by atoms with E-state index in [2.05, 4.69) is 24.1 Å². The van der Waals surface area contributed by atoms with Gasteiger partial charge in [-0.2, -0.15) is 0 Å². The lowest BCUT2D eigenvalue weighted by atomic mass is 9.92. The molecule has 0 spiro atoms. The number of hydrogen-bond acceptors (Lipinski definition) is 1. The molecule has 1 saturated heterocycles. The Balaban J connectivity index is 1.75. The smallest absolute Gasteiger partial charge is 0.321 e. The Morgan fingerprint density at radius 1 is 1.25 bits per heavy atom. The fourth-order valence-electron chi connectivity index (χ4n) is 3.20. The SMILES string of the molecule is C[C@H]1C[C@H](C)CN(C(=O)Nc2c[nH]c3ccccc23)C1. The van der Waals surface area contributed by atoms with E-state index in [4.69, 9.17) is 0 Å². The lowest BCUT2D eigenvalue weighted by Crippen LogP contribution is -2.44. The summed E-state index contributed by atoms with van der Waals surface area (Å²) in [6.07, 6.45) is 3.07. The van der Waals surface area contributed by atoms with Crippen molar-refractivity contribution in [3.05, 3.63) is 30.5 Å². The summed E-state index contributed by atoms with van der Waals surface area (Å²) in [5.74, 6) is 1.15. The standard InChI is InChI=1S/C16H21N3O/c1-11-7-12(2)10-19(9-11)16(20)18-15-8-17-14-6-4-3-5-13(14)15/h3-6,8,11-12,17H,7,9-10H2,1-2H3,(H,18,20)/t11-,12-/m0/s1. The fraction of sp³-hybridized carbons (Fsp3) is 0.438. The number of aromatic amines is 1. The monoisotopic (exact) mass is 271 g/mol.